The third-order valence-corrected chi connectivity index (χ3v) is 4.37. The lowest BCUT2D eigenvalue weighted by molar-refractivity contribution is -0.132. The monoisotopic (exact) mass is 401 g/mol. The number of amides is 1. The van der Waals surface area contributed by atoms with Crippen LogP contribution in [0.3, 0.4) is 0 Å². The van der Waals surface area contributed by atoms with E-state index in [0.29, 0.717) is 26.9 Å². The van der Waals surface area contributed by atoms with Crippen molar-refractivity contribution in [3.05, 3.63) is 87.7 Å². The molecule has 2 N–H and O–H groups in total. The average molecular weight is 402 g/mol. The van der Waals surface area contributed by atoms with Crippen LogP contribution < -0.4 is 5.32 Å². The van der Waals surface area contributed by atoms with Gasteiger partial charge >= 0.3 is 5.97 Å². The maximum atomic E-state index is 12.2. The van der Waals surface area contributed by atoms with Gasteiger partial charge in [0, 0.05) is 17.2 Å². The van der Waals surface area contributed by atoms with Gasteiger partial charge in [0.2, 0.25) is 0 Å². The summed E-state index contributed by atoms with van der Waals surface area (Å²) in [6.45, 7) is 0. The number of rotatable bonds is 5. The zero-order valence-corrected chi connectivity index (χ0v) is 15.3. The Kier molecular flexibility index (Phi) is 5.64. The van der Waals surface area contributed by atoms with E-state index in [1.165, 1.54) is 6.08 Å². The molecule has 0 aliphatic rings. The van der Waals surface area contributed by atoms with Crippen LogP contribution in [0.4, 0.5) is 0 Å². The predicted molar refractivity (Wildman–Crippen MR) is 104 cm³/mol. The topological polar surface area (TPSA) is 79.5 Å². The summed E-state index contributed by atoms with van der Waals surface area (Å²) >= 11 is 11.9. The first kappa shape index (κ1) is 18.8. The molecule has 136 valence electrons. The molecule has 3 rings (SSSR count). The molecule has 0 spiro atoms. The van der Waals surface area contributed by atoms with Gasteiger partial charge in [-0.3, -0.25) is 4.79 Å². The average Bonchev–Trinajstić information content (AvgIpc) is 3.12. The van der Waals surface area contributed by atoms with Gasteiger partial charge in [0.05, 0.1) is 10.0 Å². The van der Waals surface area contributed by atoms with E-state index in [1.54, 1.807) is 60.7 Å². The van der Waals surface area contributed by atoms with Crippen molar-refractivity contribution in [2.45, 2.75) is 0 Å². The Hall–Kier alpha value is -3.02. The van der Waals surface area contributed by atoms with E-state index in [0.717, 1.165) is 0 Å². The number of hydrogen-bond donors (Lipinski definition) is 2. The first-order chi connectivity index (χ1) is 12.9. The largest absolute Gasteiger partial charge is 0.477 e. The van der Waals surface area contributed by atoms with E-state index < -0.39 is 11.9 Å². The minimum absolute atomic E-state index is 0.266. The molecule has 5 nitrogen and oxygen atoms in total. The molecule has 0 saturated heterocycles. The quantitative estimate of drug-likeness (QED) is 0.582. The van der Waals surface area contributed by atoms with Crippen LogP contribution in [0.15, 0.2) is 70.8 Å². The number of carboxylic acid groups (broad SMARTS) is 1. The van der Waals surface area contributed by atoms with E-state index in [-0.39, 0.29) is 11.5 Å². The molecule has 0 saturated carbocycles. The van der Waals surface area contributed by atoms with Crippen LogP contribution >= 0.6 is 23.2 Å². The molecule has 1 amide bonds. The number of halogens is 2. The van der Waals surface area contributed by atoms with E-state index in [1.807, 2.05) is 0 Å². The molecule has 3 aromatic rings. The first-order valence-electron chi connectivity index (χ1n) is 7.80. The molecule has 27 heavy (non-hydrogen) atoms. The molecular formula is C20H13Cl2NO4. The molecular weight excluding hydrogens is 389 g/mol. The van der Waals surface area contributed by atoms with Gasteiger partial charge in [-0.15, -0.1) is 0 Å². The second-order valence-corrected chi connectivity index (χ2v) is 6.33. The zero-order valence-electron chi connectivity index (χ0n) is 13.8. The SMILES string of the molecule is O=C(O)/C(=C/c1ccc(-c2ccc(Cl)c(Cl)c2)o1)NC(=O)c1ccccc1. The van der Waals surface area contributed by atoms with Crippen LogP contribution in [0.2, 0.25) is 10.0 Å². The van der Waals surface area contributed by atoms with Crippen molar-refractivity contribution in [1.29, 1.82) is 0 Å². The molecule has 0 aliphatic heterocycles. The summed E-state index contributed by atoms with van der Waals surface area (Å²) in [6.07, 6.45) is 1.24. The molecule has 0 fully saturated rings. The van der Waals surface area contributed by atoms with Gasteiger partial charge < -0.3 is 14.8 Å². The fraction of sp³-hybridized carbons (Fsp3) is 0. The molecule has 2 aromatic carbocycles. The number of aliphatic carboxylic acids is 1. The number of furan rings is 1. The number of benzene rings is 2. The van der Waals surface area contributed by atoms with Crippen LogP contribution in [0, 0.1) is 0 Å². The normalized spacial score (nSPS) is 11.3. The smallest absolute Gasteiger partial charge is 0.352 e. The van der Waals surface area contributed by atoms with E-state index in [2.05, 4.69) is 5.32 Å². The van der Waals surface area contributed by atoms with Crippen molar-refractivity contribution in [3.8, 4) is 11.3 Å². The summed E-state index contributed by atoms with van der Waals surface area (Å²) in [4.78, 5) is 23.6. The zero-order chi connectivity index (χ0) is 19.4. The lowest BCUT2D eigenvalue weighted by Crippen LogP contribution is -2.27. The second kappa shape index (κ2) is 8.12. The van der Waals surface area contributed by atoms with Crippen molar-refractivity contribution in [2.75, 3.05) is 0 Å². The summed E-state index contributed by atoms with van der Waals surface area (Å²) in [7, 11) is 0. The lowest BCUT2D eigenvalue weighted by Gasteiger charge is -2.05. The Morgan fingerprint density at radius 3 is 2.37 bits per heavy atom. The third-order valence-electron chi connectivity index (χ3n) is 3.63. The van der Waals surface area contributed by atoms with Crippen LogP contribution in [0.1, 0.15) is 16.1 Å². The molecule has 0 unspecified atom stereocenters. The summed E-state index contributed by atoms with van der Waals surface area (Å²) in [5.74, 6) is -1.06. The maximum Gasteiger partial charge on any atom is 0.352 e. The Morgan fingerprint density at radius 1 is 0.963 bits per heavy atom. The Labute approximate surface area is 164 Å². The summed E-state index contributed by atoms with van der Waals surface area (Å²) in [5, 5.41) is 12.5. The molecule has 0 aliphatic carbocycles. The highest BCUT2D eigenvalue weighted by atomic mass is 35.5. The van der Waals surface area contributed by atoms with E-state index in [4.69, 9.17) is 27.6 Å². The van der Waals surface area contributed by atoms with E-state index in [9.17, 15) is 14.7 Å². The highest BCUT2D eigenvalue weighted by Crippen LogP contribution is 2.30. The minimum atomic E-state index is -1.29. The van der Waals surface area contributed by atoms with Gasteiger partial charge in [0.1, 0.15) is 17.2 Å². The third kappa shape index (κ3) is 4.58. The number of carbonyl (C=O) groups is 2. The van der Waals surface area contributed by atoms with Crippen molar-refractivity contribution in [2.24, 2.45) is 0 Å². The number of carbonyl (C=O) groups excluding carboxylic acids is 1. The van der Waals surface area contributed by atoms with Gasteiger partial charge in [0.15, 0.2) is 0 Å². The standard InChI is InChI=1S/C20H13Cl2NO4/c21-15-8-6-13(10-16(15)22)18-9-7-14(27-18)11-17(20(25)26)23-19(24)12-4-2-1-3-5-12/h1-11H,(H,23,24)(H,25,26)/b17-11-. The van der Waals surface area contributed by atoms with Gasteiger partial charge in [-0.05, 0) is 42.5 Å². The van der Waals surface area contributed by atoms with Gasteiger partial charge in [-0.1, -0.05) is 41.4 Å². The molecule has 0 atom stereocenters. The van der Waals surface area contributed by atoms with Crippen LogP contribution in [-0.4, -0.2) is 17.0 Å². The Morgan fingerprint density at radius 2 is 1.70 bits per heavy atom. The summed E-state index contributed by atoms with van der Waals surface area (Å²) in [6, 6.07) is 16.6. The van der Waals surface area contributed by atoms with Crippen LogP contribution in [-0.2, 0) is 4.79 Å². The predicted octanol–water partition coefficient (Wildman–Crippen LogP) is 5.11. The minimum Gasteiger partial charge on any atom is -0.477 e. The number of nitrogens with one attached hydrogen (secondary N) is 1. The molecule has 0 radical (unpaired) electrons. The lowest BCUT2D eigenvalue weighted by atomic mass is 10.2. The van der Waals surface area contributed by atoms with Gasteiger partial charge in [0.25, 0.3) is 5.91 Å². The Balaban J connectivity index is 1.84. The maximum absolute atomic E-state index is 12.2. The van der Waals surface area contributed by atoms with E-state index >= 15 is 0 Å². The van der Waals surface area contributed by atoms with Crippen LogP contribution in [0.25, 0.3) is 17.4 Å². The van der Waals surface area contributed by atoms with Crippen molar-refractivity contribution < 1.29 is 19.1 Å². The molecule has 7 heteroatoms. The fourth-order valence-electron chi connectivity index (χ4n) is 2.31. The first-order valence-corrected chi connectivity index (χ1v) is 8.56. The van der Waals surface area contributed by atoms with Crippen molar-refractivity contribution in [1.82, 2.24) is 5.32 Å². The second-order valence-electron chi connectivity index (χ2n) is 5.51. The summed E-state index contributed by atoms with van der Waals surface area (Å²) < 4.78 is 5.64. The number of carboxylic acids is 1. The van der Waals surface area contributed by atoms with Crippen LogP contribution in [0.5, 0.6) is 0 Å². The molecule has 1 heterocycles. The molecule has 0 bridgehead atoms. The number of hydrogen-bond acceptors (Lipinski definition) is 3. The highest BCUT2D eigenvalue weighted by molar-refractivity contribution is 6.42. The van der Waals surface area contributed by atoms with Gasteiger partial charge in [-0.2, -0.15) is 0 Å². The van der Waals surface area contributed by atoms with Gasteiger partial charge in [-0.25, -0.2) is 4.79 Å². The highest BCUT2D eigenvalue weighted by Gasteiger charge is 2.14. The Bertz CT molecular complexity index is 1030. The molecule has 1 aromatic heterocycles. The van der Waals surface area contributed by atoms with Crippen molar-refractivity contribution >= 4 is 41.2 Å². The fourth-order valence-corrected chi connectivity index (χ4v) is 2.61. The van der Waals surface area contributed by atoms with Crippen molar-refractivity contribution in [3.63, 3.8) is 0 Å². The summed E-state index contributed by atoms with van der Waals surface area (Å²) in [5.41, 5.74) is 0.730.